The first-order chi connectivity index (χ1) is 8.87. The fourth-order valence-corrected chi connectivity index (χ4v) is 1.98. The molecule has 1 heterocycles. The predicted octanol–water partition coefficient (Wildman–Crippen LogP) is 2.50. The lowest BCUT2D eigenvalue weighted by atomic mass is 10.0. The molecule has 106 valence electrons. The molecule has 1 fully saturated rings. The largest absolute Gasteiger partial charge is 0.416 e. The second-order valence-electron chi connectivity index (χ2n) is 4.76. The standard InChI is InChI=1S/C13H16F3NO2/c1-9-6-18-12(8-17,19-7-9)10-3-2-4-11(5-10)13(14,15)16/h2-5,9H,6-8,17H2,1H3. The first-order valence-electron chi connectivity index (χ1n) is 6.03. The van der Waals surface area contributed by atoms with Crippen LogP contribution in [-0.4, -0.2) is 19.8 Å². The third-order valence-corrected chi connectivity index (χ3v) is 3.10. The lowest BCUT2D eigenvalue weighted by Crippen LogP contribution is -2.46. The zero-order valence-corrected chi connectivity index (χ0v) is 10.5. The molecule has 19 heavy (non-hydrogen) atoms. The maximum absolute atomic E-state index is 12.7. The van der Waals surface area contributed by atoms with Crippen molar-refractivity contribution in [1.29, 1.82) is 0 Å². The molecule has 3 nitrogen and oxygen atoms in total. The van der Waals surface area contributed by atoms with Gasteiger partial charge in [0.2, 0.25) is 5.79 Å². The van der Waals surface area contributed by atoms with E-state index in [0.29, 0.717) is 18.8 Å². The molecule has 0 spiro atoms. The summed E-state index contributed by atoms with van der Waals surface area (Å²) >= 11 is 0. The molecule has 0 radical (unpaired) electrons. The van der Waals surface area contributed by atoms with Gasteiger partial charge in [-0.2, -0.15) is 13.2 Å². The van der Waals surface area contributed by atoms with Gasteiger partial charge in [0.25, 0.3) is 0 Å². The number of rotatable bonds is 2. The minimum Gasteiger partial charge on any atom is -0.344 e. The Labute approximate surface area is 109 Å². The number of hydrogen-bond donors (Lipinski definition) is 1. The molecule has 0 bridgehead atoms. The van der Waals surface area contributed by atoms with Crippen LogP contribution >= 0.6 is 0 Å². The number of nitrogens with two attached hydrogens (primary N) is 1. The zero-order chi connectivity index (χ0) is 14.1. The van der Waals surface area contributed by atoms with E-state index in [1.54, 1.807) is 0 Å². The summed E-state index contributed by atoms with van der Waals surface area (Å²) in [5.41, 5.74) is 5.21. The molecular formula is C13H16F3NO2. The highest BCUT2D eigenvalue weighted by molar-refractivity contribution is 5.29. The van der Waals surface area contributed by atoms with E-state index in [-0.39, 0.29) is 12.5 Å². The number of alkyl halides is 3. The molecule has 0 aliphatic carbocycles. The number of hydrogen-bond acceptors (Lipinski definition) is 3. The normalized spacial score (nSPS) is 28.4. The maximum Gasteiger partial charge on any atom is 0.416 e. The van der Waals surface area contributed by atoms with E-state index >= 15 is 0 Å². The van der Waals surface area contributed by atoms with Crippen molar-refractivity contribution in [2.45, 2.75) is 18.9 Å². The highest BCUT2D eigenvalue weighted by atomic mass is 19.4. The van der Waals surface area contributed by atoms with Crippen molar-refractivity contribution in [2.24, 2.45) is 11.7 Å². The van der Waals surface area contributed by atoms with E-state index in [9.17, 15) is 13.2 Å². The van der Waals surface area contributed by atoms with Gasteiger partial charge in [-0.25, -0.2) is 0 Å². The molecule has 6 heteroatoms. The van der Waals surface area contributed by atoms with Crippen LogP contribution in [0.3, 0.4) is 0 Å². The summed E-state index contributed by atoms with van der Waals surface area (Å²) in [7, 11) is 0. The first kappa shape index (κ1) is 14.3. The molecule has 1 saturated heterocycles. The quantitative estimate of drug-likeness (QED) is 0.902. The van der Waals surface area contributed by atoms with Crippen molar-refractivity contribution in [3.63, 3.8) is 0 Å². The van der Waals surface area contributed by atoms with E-state index in [0.717, 1.165) is 12.1 Å². The van der Waals surface area contributed by atoms with Gasteiger partial charge in [-0.15, -0.1) is 0 Å². The van der Waals surface area contributed by atoms with Gasteiger partial charge in [-0.05, 0) is 12.1 Å². The summed E-state index contributed by atoms with van der Waals surface area (Å²) in [5, 5.41) is 0. The van der Waals surface area contributed by atoms with Crippen LogP contribution in [0.15, 0.2) is 24.3 Å². The lowest BCUT2D eigenvalue weighted by molar-refractivity contribution is -0.284. The second-order valence-corrected chi connectivity index (χ2v) is 4.76. The van der Waals surface area contributed by atoms with Crippen molar-refractivity contribution < 1.29 is 22.6 Å². The van der Waals surface area contributed by atoms with Crippen molar-refractivity contribution in [2.75, 3.05) is 19.8 Å². The first-order valence-corrected chi connectivity index (χ1v) is 6.03. The molecule has 1 aliphatic rings. The Morgan fingerprint density at radius 2 is 1.95 bits per heavy atom. The highest BCUT2D eigenvalue weighted by Gasteiger charge is 2.39. The van der Waals surface area contributed by atoms with E-state index < -0.39 is 17.5 Å². The van der Waals surface area contributed by atoms with Crippen LogP contribution in [0.1, 0.15) is 18.1 Å². The molecule has 2 N–H and O–H groups in total. The molecule has 0 atom stereocenters. The minimum absolute atomic E-state index is 0.0268. The van der Waals surface area contributed by atoms with Crippen LogP contribution in [0.25, 0.3) is 0 Å². The van der Waals surface area contributed by atoms with Crippen molar-refractivity contribution in [3.8, 4) is 0 Å². The van der Waals surface area contributed by atoms with Crippen molar-refractivity contribution in [1.82, 2.24) is 0 Å². The molecule has 1 aromatic rings. The summed E-state index contributed by atoms with van der Waals surface area (Å²) in [6.07, 6.45) is -4.40. The van der Waals surface area contributed by atoms with Gasteiger partial charge in [-0.3, -0.25) is 0 Å². The molecular weight excluding hydrogens is 259 g/mol. The van der Waals surface area contributed by atoms with Crippen LogP contribution in [0.4, 0.5) is 13.2 Å². The van der Waals surface area contributed by atoms with E-state index in [1.807, 2.05) is 6.92 Å². The Morgan fingerprint density at radius 1 is 1.32 bits per heavy atom. The van der Waals surface area contributed by atoms with Crippen LogP contribution in [0, 0.1) is 5.92 Å². The third-order valence-electron chi connectivity index (χ3n) is 3.10. The number of benzene rings is 1. The van der Waals surface area contributed by atoms with Gasteiger partial charge in [0, 0.05) is 11.5 Å². The topological polar surface area (TPSA) is 44.5 Å². The number of ether oxygens (including phenoxy) is 2. The van der Waals surface area contributed by atoms with Crippen LogP contribution < -0.4 is 5.73 Å². The average Bonchev–Trinajstić information content (AvgIpc) is 2.39. The lowest BCUT2D eigenvalue weighted by Gasteiger charge is -2.39. The van der Waals surface area contributed by atoms with Crippen LogP contribution in [0.2, 0.25) is 0 Å². The molecule has 1 aromatic carbocycles. The van der Waals surface area contributed by atoms with Gasteiger partial charge in [0.05, 0.1) is 25.3 Å². The molecule has 0 saturated carbocycles. The second kappa shape index (κ2) is 5.11. The summed E-state index contributed by atoms with van der Waals surface area (Å²) < 4.78 is 49.3. The SMILES string of the molecule is CC1COC(CN)(c2cccc(C(F)(F)F)c2)OC1. The van der Waals surface area contributed by atoms with Crippen molar-refractivity contribution in [3.05, 3.63) is 35.4 Å². The molecule has 0 amide bonds. The Balaban J connectivity index is 2.34. The minimum atomic E-state index is -4.40. The van der Waals surface area contributed by atoms with Crippen LogP contribution in [-0.2, 0) is 21.4 Å². The highest BCUT2D eigenvalue weighted by Crippen LogP contribution is 2.35. The summed E-state index contributed by atoms with van der Waals surface area (Å²) in [6, 6.07) is 4.92. The Hall–Kier alpha value is -1.11. The van der Waals surface area contributed by atoms with Crippen molar-refractivity contribution >= 4 is 0 Å². The monoisotopic (exact) mass is 275 g/mol. The zero-order valence-electron chi connectivity index (χ0n) is 10.5. The average molecular weight is 275 g/mol. The van der Waals surface area contributed by atoms with E-state index in [2.05, 4.69) is 0 Å². The Morgan fingerprint density at radius 3 is 2.47 bits per heavy atom. The summed E-state index contributed by atoms with van der Waals surface area (Å²) in [5.74, 6) is -1.07. The molecule has 2 rings (SSSR count). The van der Waals surface area contributed by atoms with Gasteiger partial charge >= 0.3 is 6.18 Å². The van der Waals surface area contributed by atoms with Gasteiger partial charge in [0.1, 0.15) is 0 Å². The third kappa shape index (κ3) is 2.91. The van der Waals surface area contributed by atoms with E-state index in [4.69, 9.17) is 15.2 Å². The smallest absolute Gasteiger partial charge is 0.344 e. The Bertz CT molecular complexity index is 440. The fraction of sp³-hybridized carbons (Fsp3) is 0.538. The van der Waals surface area contributed by atoms with Gasteiger partial charge < -0.3 is 15.2 Å². The molecule has 1 aliphatic heterocycles. The number of halogens is 3. The van der Waals surface area contributed by atoms with Crippen LogP contribution in [0.5, 0.6) is 0 Å². The van der Waals surface area contributed by atoms with Gasteiger partial charge in [0.15, 0.2) is 0 Å². The molecule has 0 aromatic heterocycles. The maximum atomic E-state index is 12.7. The predicted molar refractivity (Wildman–Crippen MR) is 63.2 cm³/mol. The van der Waals surface area contributed by atoms with Gasteiger partial charge in [-0.1, -0.05) is 19.1 Å². The van der Waals surface area contributed by atoms with E-state index in [1.165, 1.54) is 12.1 Å². The fourth-order valence-electron chi connectivity index (χ4n) is 1.98. The summed E-state index contributed by atoms with van der Waals surface area (Å²) in [4.78, 5) is 0. The Kier molecular flexibility index (Phi) is 3.85. The summed E-state index contributed by atoms with van der Waals surface area (Å²) in [6.45, 7) is 2.73. The molecule has 0 unspecified atom stereocenters.